The number of nitrogens with zero attached hydrogens (tertiary/aromatic N) is 1. The third-order valence-electron chi connectivity index (χ3n) is 4.04. The summed E-state index contributed by atoms with van der Waals surface area (Å²) in [6.45, 7) is 0.331. The Balaban J connectivity index is 2.11. The molecular formula is C11H20ClNO4S2. The summed E-state index contributed by atoms with van der Waals surface area (Å²) in [5.74, 6) is 0.243. The second-order valence-electron chi connectivity index (χ2n) is 5.28. The van der Waals surface area contributed by atoms with E-state index in [1.54, 1.807) is 0 Å². The SMILES string of the molecule is O=S1(=O)CCC(S(=O)(=O)N(CCCl)C2CCC2)CC1. The Morgan fingerprint density at radius 1 is 1.11 bits per heavy atom. The molecule has 0 radical (unpaired) electrons. The van der Waals surface area contributed by atoms with E-state index in [1.165, 1.54) is 4.31 Å². The number of halogens is 1. The van der Waals surface area contributed by atoms with Crippen LogP contribution in [-0.2, 0) is 19.9 Å². The molecule has 8 heteroatoms. The molecule has 19 heavy (non-hydrogen) atoms. The van der Waals surface area contributed by atoms with E-state index >= 15 is 0 Å². The zero-order chi connectivity index (χ0) is 14.1. The van der Waals surface area contributed by atoms with Crippen molar-refractivity contribution in [2.45, 2.75) is 43.4 Å². The molecular weight excluding hydrogens is 310 g/mol. The Kier molecular flexibility index (Phi) is 4.80. The molecule has 0 amide bonds. The summed E-state index contributed by atoms with van der Waals surface area (Å²) in [6, 6.07) is 0.0716. The number of sulfonamides is 1. The standard InChI is InChI=1S/C11H20ClNO4S2/c12-6-7-13(10-2-1-3-10)19(16,17)11-4-8-18(14,15)9-5-11/h10-11H,1-9H2. The van der Waals surface area contributed by atoms with Crippen molar-refractivity contribution >= 4 is 31.5 Å². The highest BCUT2D eigenvalue weighted by molar-refractivity contribution is 7.92. The van der Waals surface area contributed by atoms with E-state index in [4.69, 9.17) is 11.6 Å². The van der Waals surface area contributed by atoms with E-state index in [0.717, 1.165) is 19.3 Å². The fourth-order valence-electron chi connectivity index (χ4n) is 2.63. The predicted molar refractivity (Wildman–Crippen MR) is 75.7 cm³/mol. The average molecular weight is 330 g/mol. The number of rotatable bonds is 5. The van der Waals surface area contributed by atoms with Gasteiger partial charge >= 0.3 is 0 Å². The average Bonchev–Trinajstić information content (AvgIpc) is 2.25. The summed E-state index contributed by atoms with van der Waals surface area (Å²) in [5, 5.41) is -0.556. The van der Waals surface area contributed by atoms with Crippen LogP contribution in [0.5, 0.6) is 0 Å². The van der Waals surface area contributed by atoms with Gasteiger partial charge in [-0.3, -0.25) is 0 Å². The first-order valence-corrected chi connectivity index (χ1v) is 10.5. The van der Waals surface area contributed by atoms with Gasteiger partial charge in [0.05, 0.1) is 16.8 Å². The molecule has 112 valence electrons. The van der Waals surface area contributed by atoms with Crippen LogP contribution in [0.3, 0.4) is 0 Å². The molecule has 0 N–H and O–H groups in total. The molecule has 0 aromatic heterocycles. The summed E-state index contributed by atoms with van der Waals surface area (Å²) in [6.07, 6.45) is 3.27. The fraction of sp³-hybridized carbons (Fsp3) is 1.00. The number of hydrogen-bond donors (Lipinski definition) is 0. The summed E-state index contributed by atoms with van der Waals surface area (Å²) in [7, 11) is -6.45. The van der Waals surface area contributed by atoms with Crippen LogP contribution >= 0.6 is 11.6 Å². The normalized spacial score (nSPS) is 25.4. The zero-order valence-corrected chi connectivity index (χ0v) is 13.2. The maximum atomic E-state index is 12.6. The number of sulfone groups is 1. The quantitative estimate of drug-likeness (QED) is 0.705. The summed E-state index contributed by atoms with van der Waals surface area (Å²) >= 11 is 5.71. The molecule has 2 fully saturated rings. The van der Waals surface area contributed by atoms with Crippen molar-refractivity contribution in [1.29, 1.82) is 0 Å². The maximum Gasteiger partial charge on any atom is 0.217 e. The molecule has 2 rings (SSSR count). The van der Waals surface area contributed by atoms with Crippen molar-refractivity contribution in [2.75, 3.05) is 23.9 Å². The first kappa shape index (κ1) is 15.5. The smallest absolute Gasteiger partial charge is 0.217 e. The third kappa shape index (κ3) is 3.43. The van der Waals surface area contributed by atoms with Gasteiger partial charge in [-0.15, -0.1) is 11.6 Å². The van der Waals surface area contributed by atoms with Gasteiger partial charge in [0.15, 0.2) is 0 Å². The lowest BCUT2D eigenvalue weighted by molar-refractivity contribution is 0.225. The highest BCUT2D eigenvalue weighted by Gasteiger charge is 2.40. The van der Waals surface area contributed by atoms with Crippen molar-refractivity contribution in [3.8, 4) is 0 Å². The van der Waals surface area contributed by atoms with Crippen LogP contribution in [0.2, 0.25) is 0 Å². The second-order valence-corrected chi connectivity index (χ2v) is 10.1. The van der Waals surface area contributed by atoms with Crippen LogP contribution in [-0.4, -0.2) is 56.4 Å². The molecule has 2 aliphatic rings. The monoisotopic (exact) mass is 329 g/mol. The molecule has 0 aromatic carbocycles. The molecule has 1 saturated carbocycles. The molecule has 0 unspecified atom stereocenters. The second kappa shape index (κ2) is 5.87. The maximum absolute atomic E-state index is 12.6. The minimum absolute atomic E-state index is 0.0176. The van der Waals surface area contributed by atoms with E-state index in [9.17, 15) is 16.8 Å². The van der Waals surface area contributed by atoms with Gasteiger partial charge in [0.1, 0.15) is 9.84 Å². The van der Waals surface area contributed by atoms with Gasteiger partial charge < -0.3 is 0 Å². The Morgan fingerprint density at radius 2 is 1.68 bits per heavy atom. The summed E-state index contributed by atoms with van der Waals surface area (Å²) in [4.78, 5) is 0. The summed E-state index contributed by atoms with van der Waals surface area (Å²) in [5.41, 5.74) is 0. The fourth-order valence-corrected chi connectivity index (χ4v) is 6.89. The molecule has 0 aromatic rings. The Morgan fingerprint density at radius 3 is 2.11 bits per heavy atom. The topological polar surface area (TPSA) is 71.5 Å². The Hall–Kier alpha value is 0.150. The predicted octanol–water partition coefficient (Wildman–Crippen LogP) is 0.987. The molecule has 1 saturated heterocycles. The van der Waals surface area contributed by atoms with Gasteiger partial charge in [0, 0.05) is 18.5 Å². The Bertz CT molecular complexity index is 499. The Labute approximate surface area is 120 Å². The van der Waals surface area contributed by atoms with E-state index in [-0.39, 0.29) is 36.3 Å². The van der Waals surface area contributed by atoms with Crippen molar-refractivity contribution in [3.05, 3.63) is 0 Å². The molecule has 0 atom stereocenters. The van der Waals surface area contributed by atoms with Gasteiger partial charge in [-0.1, -0.05) is 6.42 Å². The van der Waals surface area contributed by atoms with Gasteiger partial charge in [0.25, 0.3) is 0 Å². The molecule has 1 aliphatic heterocycles. The largest absolute Gasteiger partial charge is 0.229 e. The van der Waals surface area contributed by atoms with E-state index in [0.29, 0.717) is 6.54 Å². The van der Waals surface area contributed by atoms with Crippen molar-refractivity contribution < 1.29 is 16.8 Å². The lowest BCUT2D eigenvalue weighted by Crippen LogP contribution is -2.50. The molecule has 0 spiro atoms. The summed E-state index contributed by atoms with van der Waals surface area (Å²) < 4.78 is 49.5. The van der Waals surface area contributed by atoms with Crippen molar-refractivity contribution in [3.63, 3.8) is 0 Å². The van der Waals surface area contributed by atoms with Crippen LogP contribution in [0.15, 0.2) is 0 Å². The van der Waals surface area contributed by atoms with Crippen molar-refractivity contribution in [1.82, 2.24) is 4.31 Å². The highest BCUT2D eigenvalue weighted by Crippen LogP contribution is 2.31. The molecule has 0 bridgehead atoms. The lowest BCUT2D eigenvalue weighted by atomic mass is 9.93. The number of alkyl halides is 1. The lowest BCUT2D eigenvalue weighted by Gasteiger charge is -2.39. The first-order valence-electron chi connectivity index (χ1n) is 6.64. The minimum atomic E-state index is -3.41. The van der Waals surface area contributed by atoms with Gasteiger partial charge in [-0.25, -0.2) is 16.8 Å². The third-order valence-corrected chi connectivity index (χ3v) is 8.37. The van der Waals surface area contributed by atoms with Gasteiger partial charge in [-0.2, -0.15) is 4.31 Å². The van der Waals surface area contributed by atoms with Crippen LogP contribution in [0, 0.1) is 0 Å². The van der Waals surface area contributed by atoms with E-state index < -0.39 is 25.1 Å². The minimum Gasteiger partial charge on any atom is -0.229 e. The molecule has 5 nitrogen and oxygen atoms in total. The van der Waals surface area contributed by atoms with E-state index in [1.807, 2.05) is 0 Å². The van der Waals surface area contributed by atoms with Crippen LogP contribution < -0.4 is 0 Å². The van der Waals surface area contributed by atoms with Gasteiger partial charge in [-0.05, 0) is 25.7 Å². The van der Waals surface area contributed by atoms with Crippen LogP contribution in [0.1, 0.15) is 32.1 Å². The first-order chi connectivity index (χ1) is 8.87. The molecule has 1 heterocycles. The van der Waals surface area contributed by atoms with Gasteiger partial charge in [0.2, 0.25) is 10.0 Å². The van der Waals surface area contributed by atoms with E-state index in [2.05, 4.69) is 0 Å². The van der Waals surface area contributed by atoms with Crippen molar-refractivity contribution in [2.24, 2.45) is 0 Å². The number of hydrogen-bond acceptors (Lipinski definition) is 4. The van der Waals surface area contributed by atoms with Crippen LogP contribution in [0.4, 0.5) is 0 Å². The highest BCUT2D eigenvalue weighted by atomic mass is 35.5. The molecule has 1 aliphatic carbocycles. The zero-order valence-electron chi connectivity index (χ0n) is 10.8. The van der Waals surface area contributed by atoms with Crippen LogP contribution in [0.25, 0.3) is 0 Å².